The molecule has 2 aromatic carbocycles. The predicted molar refractivity (Wildman–Crippen MR) is 155 cm³/mol. The van der Waals surface area contributed by atoms with Gasteiger partial charge >= 0.3 is 6.09 Å². The second kappa shape index (κ2) is 15.4. The van der Waals surface area contributed by atoms with Crippen LogP contribution in [0, 0.1) is 11.3 Å². The molecule has 218 valence electrons. The fraction of sp³-hybridized carbons (Fsp3) is 0.531. The Kier molecular flexibility index (Phi) is 12.0. The molecule has 0 radical (unpaired) electrons. The van der Waals surface area contributed by atoms with Crippen LogP contribution in [-0.2, 0) is 27.4 Å². The van der Waals surface area contributed by atoms with Crippen LogP contribution in [0.5, 0.6) is 0 Å². The summed E-state index contributed by atoms with van der Waals surface area (Å²) in [6, 6.07) is 18.3. The van der Waals surface area contributed by atoms with Gasteiger partial charge in [-0.1, -0.05) is 101 Å². The van der Waals surface area contributed by atoms with Crippen LogP contribution in [0.1, 0.15) is 70.4 Å². The average Bonchev–Trinajstić information content (AvgIpc) is 2.94. The van der Waals surface area contributed by atoms with E-state index < -0.39 is 29.6 Å². The molecule has 0 unspecified atom stereocenters. The smallest absolute Gasteiger partial charge is 0.407 e. The number of carbonyl (C=O) groups is 3. The van der Waals surface area contributed by atoms with Gasteiger partial charge in [-0.2, -0.15) is 0 Å². The normalized spacial score (nSPS) is 16.3. The summed E-state index contributed by atoms with van der Waals surface area (Å²) in [4.78, 5) is 38.7. The van der Waals surface area contributed by atoms with Crippen LogP contribution in [0.4, 0.5) is 4.79 Å². The zero-order valence-electron chi connectivity index (χ0n) is 24.0. The van der Waals surface area contributed by atoms with Crippen LogP contribution < -0.4 is 16.0 Å². The van der Waals surface area contributed by atoms with E-state index in [1.54, 1.807) is 0 Å². The molecule has 3 amide bonds. The summed E-state index contributed by atoms with van der Waals surface area (Å²) in [5.74, 6) is -0.984. The van der Waals surface area contributed by atoms with Gasteiger partial charge in [0.25, 0.3) is 0 Å². The quantitative estimate of drug-likeness (QED) is 0.310. The molecule has 3 atom stereocenters. The average molecular weight is 552 g/mol. The van der Waals surface area contributed by atoms with Gasteiger partial charge < -0.3 is 25.8 Å². The highest BCUT2D eigenvalue weighted by Crippen LogP contribution is 2.29. The second-order valence-electron chi connectivity index (χ2n) is 11.8. The van der Waals surface area contributed by atoms with Crippen LogP contribution in [0.25, 0.3) is 0 Å². The zero-order valence-corrected chi connectivity index (χ0v) is 24.0. The number of aliphatic hydroxyl groups is 1. The maximum Gasteiger partial charge on any atom is 0.407 e. The molecule has 8 heteroatoms. The molecule has 1 fully saturated rings. The number of hydrogen-bond acceptors (Lipinski definition) is 5. The van der Waals surface area contributed by atoms with Crippen LogP contribution in [0.15, 0.2) is 60.7 Å². The van der Waals surface area contributed by atoms with E-state index in [2.05, 4.69) is 16.0 Å². The minimum Gasteiger partial charge on any atom is -0.445 e. The van der Waals surface area contributed by atoms with Crippen LogP contribution in [0.3, 0.4) is 0 Å². The molecule has 2 aromatic rings. The SMILES string of the molecule is CC(C)(C)[C@@H](CC(=O)NC1CCCCC1)C(=O)NC[C@@H](O)[C@H](Cc1ccccc1)NC(=O)OCc1ccccc1. The fourth-order valence-electron chi connectivity index (χ4n) is 5.05. The topological polar surface area (TPSA) is 117 Å². The van der Waals surface area contributed by atoms with Crippen LogP contribution in [-0.4, -0.2) is 47.7 Å². The molecule has 3 rings (SSSR count). The van der Waals surface area contributed by atoms with Gasteiger partial charge in [0.15, 0.2) is 0 Å². The number of benzene rings is 2. The van der Waals surface area contributed by atoms with Crippen molar-refractivity contribution < 1.29 is 24.2 Å². The molecular formula is C32H45N3O5. The molecule has 0 spiro atoms. The summed E-state index contributed by atoms with van der Waals surface area (Å²) >= 11 is 0. The number of hydrogen-bond donors (Lipinski definition) is 4. The molecular weight excluding hydrogens is 506 g/mol. The Bertz CT molecular complexity index is 1060. The van der Waals surface area contributed by atoms with Crippen molar-refractivity contribution in [3.8, 4) is 0 Å². The Morgan fingerprint density at radius 2 is 1.52 bits per heavy atom. The van der Waals surface area contributed by atoms with E-state index in [1.807, 2.05) is 81.4 Å². The van der Waals surface area contributed by atoms with E-state index in [0.29, 0.717) is 6.42 Å². The molecule has 1 aliphatic carbocycles. The van der Waals surface area contributed by atoms with Gasteiger partial charge in [-0.05, 0) is 35.8 Å². The van der Waals surface area contributed by atoms with Gasteiger partial charge in [0, 0.05) is 19.0 Å². The Morgan fingerprint density at radius 1 is 0.925 bits per heavy atom. The largest absolute Gasteiger partial charge is 0.445 e. The number of amides is 3. The van der Waals surface area contributed by atoms with Crippen molar-refractivity contribution in [2.75, 3.05) is 6.54 Å². The lowest BCUT2D eigenvalue weighted by molar-refractivity contribution is -0.134. The van der Waals surface area contributed by atoms with Gasteiger partial charge in [-0.25, -0.2) is 4.79 Å². The second-order valence-corrected chi connectivity index (χ2v) is 11.8. The molecule has 4 N–H and O–H groups in total. The first-order valence-corrected chi connectivity index (χ1v) is 14.4. The van der Waals surface area contributed by atoms with E-state index in [1.165, 1.54) is 6.42 Å². The van der Waals surface area contributed by atoms with Gasteiger partial charge in [0.1, 0.15) is 6.61 Å². The van der Waals surface area contributed by atoms with Crippen molar-refractivity contribution in [2.24, 2.45) is 11.3 Å². The fourth-order valence-corrected chi connectivity index (χ4v) is 5.05. The molecule has 1 aliphatic rings. The maximum absolute atomic E-state index is 13.3. The molecule has 0 bridgehead atoms. The van der Waals surface area contributed by atoms with E-state index in [-0.39, 0.29) is 37.4 Å². The Morgan fingerprint density at radius 3 is 2.12 bits per heavy atom. The predicted octanol–water partition coefficient (Wildman–Crippen LogP) is 4.50. The molecule has 0 aromatic heterocycles. The van der Waals surface area contributed by atoms with E-state index in [4.69, 9.17) is 4.74 Å². The van der Waals surface area contributed by atoms with Crippen molar-refractivity contribution in [1.29, 1.82) is 0 Å². The lowest BCUT2D eigenvalue weighted by Gasteiger charge is -2.31. The molecule has 1 saturated carbocycles. The molecule has 40 heavy (non-hydrogen) atoms. The number of aliphatic hydroxyl groups excluding tert-OH is 1. The van der Waals surface area contributed by atoms with Crippen LogP contribution in [0.2, 0.25) is 0 Å². The highest BCUT2D eigenvalue weighted by Gasteiger charge is 2.34. The third-order valence-corrected chi connectivity index (χ3v) is 7.49. The Hall–Kier alpha value is -3.39. The molecule has 0 heterocycles. The number of rotatable bonds is 12. The van der Waals surface area contributed by atoms with E-state index in [0.717, 1.165) is 36.8 Å². The third-order valence-electron chi connectivity index (χ3n) is 7.49. The summed E-state index contributed by atoms with van der Waals surface area (Å²) < 4.78 is 5.37. The first-order chi connectivity index (χ1) is 19.1. The van der Waals surface area contributed by atoms with Crippen molar-refractivity contribution in [3.63, 3.8) is 0 Å². The van der Waals surface area contributed by atoms with Crippen molar-refractivity contribution in [2.45, 2.75) is 90.5 Å². The van der Waals surface area contributed by atoms with Crippen LogP contribution >= 0.6 is 0 Å². The number of alkyl carbamates (subject to hydrolysis) is 1. The minimum atomic E-state index is -1.08. The van der Waals surface area contributed by atoms with Gasteiger partial charge in [0.05, 0.1) is 18.1 Å². The van der Waals surface area contributed by atoms with Crippen molar-refractivity contribution >= 4 is 17.9 Å². The Balaban J connectivity index is 1.59. The summed E-state index contributed by atoms with van der Waals surface area (Å²) in [5.41, 5.74) is 1.32. The molecule has 0 saturated heterocycles. The lowest BCUT2D eigenvalue weighted by atomic mass is 9.77. The highest BCUT2D eigenvalue weighted by molar-refractivity contribution is 5.86. The highest BCUT2D eigenvalue weighted by atomic mass is 16.5. The van der Waals surface area contributed by atoms with Gasteiger partial charge in [-0.3, -0.25) is 9.59 Å². The summed E-state index contributed by atoms with van der Waals surface area (Å²) in [7, 11) is 0. The molecule has 8 nitrogen and oxygen atoms in total. The van der Waals surface area contributed by atoms with Crippen molar-refractivity contribution in [1.82, 2.24) is 16.0 Å². The maximum atomic E-state index is 13.3. The van der Waals surface area contributed by atoms with Gasteiger partial charge in [-0.15, -0.1) is 0 Å². The number of nitrogens with one attached hydrogen (secondary N) is 3. The first kappa shape index (κ1) is 31.1. The zero-order chi connectivity index (χ0) is 29.0. The summed E-state index contributed by atoms with van der Waals surface area (Å²) in [5, 5.41) is 19.8. The summed E-state index contributed by atoms with van der Waals surface area (Å²) in [6.45, 7) is 5.83. The van der Waals surface area contributed by atoms with E-state index in [9.17, 15) is 19.5 Å². The Labute approximate surface area is 238 Å². The standard InChI is InChI=1S/C32H45N3O5/c1-32(2,3)26(20-29(37)34-25-17-11-6-12-18-25)30(38)33-21-28(36)27(19-23-13-7-4-8-14-23)35-31(39)40-22-24-15-9-5-10-16-24/h4-5,7-10,13-16,25-28,36H,6,11-12,17-22H2,1-3H3,(H,33,38)(H,34,37)(H,35,39)/t26-,27-,28+/m0/s1. The molecule has 0 aliphatic heterocycles. The summed E-state index contributed by atoms with van der Waals surface area (Å²) in [6.07, 6.45) is 4.10. The van der Waals surface area contributed by atoms with Crippen molar-refractivity contribution in [3.05, 3.63) is 71.8 Å². The van der Waals surface area contributed by atoms with E-state index >= 15 is 0 Å². The number of ether oxygens (including phenoxy) is 1. The first-order valence-electron chi connectivity index (χ1n) is 14.4. The minimum absolute atomic E-state index is 0.0773. The lowest BCUT2D eigenvalue weighted by Crippen LogP contribution is -2.51. The monoisotopic (exact) mass is 551 g/mol. The third kappa shape index (κ3) is 10.6. The van der Waals surface area contributed by atoms with Gasteiger partial charge in [0.2, 0.25) is 11.8 Å². The number of carbonyl (C=O) groups excluding carboxylic acids is 3.